The molecule has 0 saturated carbocycles. The number of hydrogen-bond donors (Lipinski definition) is 0. The van der Waals surface area contributed by atoms with Crippen LogP contribution >= 0.6 is 15.9 Å². The van der Waals surface area contributed by atoms with Gasteiger partial charge in [-0.3, -0.25) is 4.79 Å². The second-order valence-corrected chi connectivity index (χ2v) is 3.40. The Morgan fingerprint density at radius 3 is 2.57 bits per heavy atom. The topological polar surface area (TPSA) is 22.0 Å². The van der Waals surface area contributed by atoms with Crippen LogP contribution in [0.25, 0.3) is 0 Å². The van der Waals surface area contributed by atoms with E-state index in [9.17, 15) is 18.0 Å². The van der Waals surface area contributed by atoms with Crippen molar-refractivity contribution in [3.05, 3.63) is 34.2 Å². The monoisotopic (exact) mass is 269 g/mol. The number of aryl methyl sites for hydroxylation is 1. The molecule has 0 amide bonds. The van der Waals surface area contributed by atoms with Crippen LogP contribution in [0.4, 0.5) is 13.2 Å². The Labute approximate surface area is 86.5 Å². The highest BCUT2D eigenvalue weighted by atomic mass is 79.9. The lowest BCUT2D eigenvalue weighted by Crippen LogP contribution is -2.28. The Bertz CT molecular complexity index is 372. The van der Waals surface area contributed by atoms with Crippen molar-refractivity contribution in [2.45, 2.75) is 12.7 Å². The standard InChI is InChI=1S/C8H7BrF3NO/c9-3-5-13-4-1-2-6(7(13)14)8(10,11)12/h1-2,4H,3,5H2. The van der Waals surface area contributed by atoms with Crippen molar-refractivity contribution >= 4 is 15.9 Å². The van der Waals surface area contributed by atoms with Crippen molar-refractivity contribution in [1.82, 2.24) is 4.57 Å². The van der Waals surface area contributed by atoms with Crippen LogP contribution in [0.2, 0.25) is 0 Å². The first kappa shape index (κ1) is 11.3. The van der Waals surface area contributed by atoms with Crippen LogP contribution in [0.3, 0.4) is 0 Å². The van der Waals surface area contributed by atoms with E-state index in [0.29, 0.717) is 5.33 Å². The lowest BCUT2D eigenvalue weighted by atomic mass is 10.2. The fraction of sp³-hybridized carbons (Fsp3) is 0.375. The highest BCUT2D eigenvalue weighted by molar-refractivity contribution is 9.09. The van der Waals surface area contributed by atoms with Crippen molar-refractivity contribution < 1.29 is 13.2 Å². The minimum atomic E-state index is -4.58. The first-order valence-corrected chi connectivity index (χ1v) is 4.91. The highest BCUT2D eigenvalue weighted by Gasteiger charge is 2.34. The molecular weight excluding hydrogens is 263 g/mol. The summed E-state index contributed by atoms with van der Waals surface area (Å²) in [6, 6.07) is 2.00. The molecule has 0 unspecified atom stereocenters. The van der Waals surface area contributed by atoms with E-state index < -0.39 is 17.3 Å². The third kappa shape index (κ3) is 2.37. The summed E-state index contributed by atoms with van der Waals surface area (Å²) in [4.78, 5) is 11.2. The summed E-state index contributed by atoms with van der Waals surface area (Å²) in [5.41, 5.74) is -2.12. The first-order chi connectivity index (χ1) is 6.46. The molecule has 0 N–H and O–H groups in total. The van der Waals surface area contributed by atoms with Gasteiger partial charge in [-0.25, -0.2) is 0 Å². The van der Waals surface area contributed by atoms with E-state index in [0.717, 1.165) is 10.6 Å². The van der Waals surface area contributed by atoms with Gasteiger partial charge in [0.1, 0.15) is 5.56 Å². The van der Waals surface area contributed by atoms with Gasteiger partial charge in [-0.15, -0.1) is 0 Å². The summed E-state index contributed by atoms with van der Waals surface area (Å²) < 4.78 is 37.8. The zero-order chi connectivity index (χ0) is 10.8. The molecule has 14 heavy (non-hydrogen) atoms. The predicted molar refractivity (Wildman–Crippen MR) is 49.5 cm³/mol. The average Bonchev–Trinajstić information content (AvgIpc) is 2.07. The Hall–Kier alpha value is -0.780. The van der Waals surface area contributed by atoms with E-state index in [-0.39, 0.29) is 6.54 Å². The van der Waals surface area contributed by atoms with Crippen LogP contribution < -0.4 is 5.56 Å². The molecule has 0 atom stereocenters. The molecule has 78 valence electrons. The molecule has 1 aromatic rings. The van der Waals surface area contributed by atoms with E-state index in [1.165, 1.54) is 12.3 Å². The van der Waals surface area contributed by atoms with Gasteiger partial charge in [0.05, 0.1) is 0 Å². The molecule has 0 aromatic carbocycles. The third-order valence-electron chi connectivity index (χ3n) is 1.65. The van der Waals surface area contributed by atoms with Crippen molar-refractivity contribution in [3.63, 3.8) is 0 Å². The minimum absolute atomic E-state index is 0.225. The van der Waals surface area contributed by atoms with Crippen molar-refractivity contribution in [3.8, 4) is 0 Å². The van der Waals surface area contributed by atoms with Gasteiger partial charge in [0.2, 0.25) is 0 Å². The maximum atomic E-state index is 12.2. The lowest BCUT2D eigenvalue weighted by Gasteiger charge is -2.08. The third-order valence-corrected chi connectivity index (χ3v) is 2.01. The van der Waals surface area contributed by atoms with Gasteiger partial charge in [-0.05, 0) is 12.1 Å². The molecule has 0 aliphatic carbocycles. The van der Waals surface area contributed by atoms with Crippen LogP contribution in [-0.2, 0) is 12.7 Å². The van der Waals surface area contributed by atoms with Gasteiger partial charge in [0.25, 0.3) is 5.56 Å². The minimum Gasteiger partial charge on any atom is -0.314 e. The van der Waals surface area contributed by atoms with Crippen molar-refractivity contribution in [2.75, 3.05) is 5.33 Å². The average molecular weight is 270 g/mol. The molecule has 2 nitrogen and oxygen atoms in total. The van der Waals surface area contributed by atoms with E-state index in [2.05, 4.69) is 15.9 Å². The fourth-order valence-electron chi connectivity index (χ4n) is 1.02. The largest absolute Gasteiger partial charge is 0.421 e. The van der Waals surface area contributed by atoms with Gasteiger partial charge < -0.3 is 4.57 Å². The number of alkyl halides is 4. The van der Waals surface area contributed by atoms with E-state index in [1.807, 2.05) is 0 Å². The Morgan fingerprint density at radius 2 is 2.07 bits per heavy atom. The molecule has 0 spiro atoms. The van der Waals surface area contributed by atoms with Gasteiger partial charge in [-0.1, -0.05) is 15.9 Å². The second-order valence-electron chi connectivity index (χ2n) is 2.61. The van der Waals surface area contributed by atoms with Crippen LogP contribution in [-0.4, -0.2) is 9.90 Å². The summed E-state index contributed by atoms with van der Waals surface area (Å²) in [5.74, 6) is 0. The molecule has 0 bridgehead atoms. The molecule has 0 aliphatic rings. The van der Waals surface area contributed by atoms with Crippen molar-refractivity contribution in [2.24, 2.45) is 0 Å². The summed E-state index contributed by atoms with van der Waals surface area (Å²) in [7, 11) is 0. The van der Waals surface area contributed by atoms with Crippen LogP contribution in [0.1, 0.15) is 5.56 Å². The maximum Gasteiger partial charge on any atom is 0.421 e. The van der Waals surface area contributed by atoms with E-state index >= 15 is 0 Å². The Balaban J connectivity index is 3.22. The molecule has 1 aromatic heterocycles. The molecule has 0 fully saturated rings. The summed E-state index contributed by atoms with van der Waals surface area (Å²) in [6.45, 7) is 0.225. The van der Waals surface area contributed by atoms with Crippen LogP contribution in [0, 0.1) is 0 Å². The number of hydrogen-bond acceptors (Lipinski definition) is 1. The van der Waals surface area contributed by atoms with E-state index in [1.54, 1.807) is 0 Å². The smallest absolute Gasteiger partial charge is 0.314 e. The predicted octanol–water partition coefficient (Wildman–Crippen LogP) is 2.26. The van der Waals surface area contributed by atoms with Gasteiger partial charge in [0, 0.05) is 18.1 Å². The highest BCUT2D eigenvalue weighted by Crippen LogP contribution is 2.25. The molecule has 6 heteroatoms. The molecule has 1 rings (SSSR count). The molecule has 1 heterocycles. The number of nitrogens with zero attached hydrogens (tertiary/aromatic N) is 1. The Kier molecular flexibility index (Phi) is 3.36. The normalized spacial score (nSPS) is 11.7. The first-order valence-electron chi connectivity index (χ1n) is 3.79. The second kappa shape index (κ2) is 4.16. The Morgan fingerprint density at radius 1 is 1.43 bits per heavy atom. The molecule has 0 aliphatic heterocycles. The molecule has 0 radical (unpaired) electrons. The molecular formula is C8H7BrF3NO. The maximum absolute atomic E-state index is 12.2. The fourth-order valence-corrected chi connectivity index (χ4v) is 1.40. The van der Waals surface area contributed by atoms with Gasteiger partial charge >= 0.3 is 6.18 Å². The van der Waals surface area contributed by atoms with Gasteiger partial charge in [0.15, 0.2) is 0 Å². The van der Waals surface area contributed by atoms with Gasteiger partial charge in [-0.2, -0.15) is 13.2 Å². The SMILES string of the molecule is O=c1c(C(F)(F)F)cccn1CCBr. The summed E-state index contributed by atoms with van der Waals surface area (Å²) >= 11 is 3.05. The van der Waals surface area contributed by atoms with E-state index in [4.69, 9.17) is 0 Å². The zero-order valence-corrected chi connectivity index (χ0v) is 8.60. The number of halogens is 4. The quantitative estimate of drug-likeness (QED) is 0.755. The molecule has 0 saturated heterocycles. The van der Waals surface area contributed by atoms with Crippen LogP contribution in [0.15, 0.2) is 23.1 Å². The number of aromatic nitrogens is 1. The number of rotatable bonds is 2. The summed E-state index contributed by atoms with van der Waals surface area (Å²) in [5, 5.41) is 0.439. The van der Waals surface area contributed by atoms with Crippen molar-refractivity contribution in [1.29, 1.82) is 0 Å². The summed E-state index contributed by atoms with van der Waals surface area (Å²) in [6.07, 6.45) is -3.24. The van der Waals surface area contributed by atoms with Crippen LogP contribution in [0.5, 0.6) is 0 Å². The number of pyridine rings is 1. The zero-order valence-electron chi connectivity index (χ0n) is 7.01. The lowest BCUT2D eigenvalue weighted by molar-refractivity contribution is -0.138.